The van der Waals surface area contributed by atoms with E-state index in [1.54, 1.807) is 16.7 Å². The molecule has 9 heteroatoms. The first-order valence-electron chi connectivity index (χ1n) is 15.4. The average Bonchev–Trinajstić information content (AvgIpc) is 3.14. The lowest BCUT2D eigenvalue weighted by Gasteiger charge is -2.48. The maximum absolute atomic E-state index is 14.6. The van der Waals surface area contributed by atoms with Crippen molar-refractivity contribution < 1.29 is 38.3 Å². The van der Waals surface area contributed by atoms with Crippen molar-refractivity contribution in [3.63, 3.8) is 0 Å². The number of hydrogen-bond acceptors (Lipinski definition) is 5. The van der Waals surface area contributed by atoms with Gasteiger partial charge in [-0.05, 0) is 47.5 Å². The Labute approximate surface area is 309 Å². The summed E-state index contributed by atoms with van der Waals surface area (Å²) in [5, 5.41) is 3.32. The Hall–Kier alpha value is -3.46. The van der Waals surface area contributed by atoms with Crippen LogP contribution in [0, 0.1) is 0 Å². The van der Waals surface area contributed by atoms with Crippen molar-refractivity contribution in [1.29, 1.82) is 0 Å². The van der Waals surface area contributed by atoms with E-state index in [1.807, 2.05) is 78.9 Å². The zero-order valence-electron chi connectivity index (χ0n) is 26.0. The van der Waals surface area contributed by atoms with Crippen molar-refractivity contribution in [2.45, 2.75) is 17.5 Å². The molecule has 0 spiro atoms. The highest BCUT2D eigenvalue weighted by molar-refractivity contribution is 8.00. The second kappa shape index (κ2) is 15.8. The number of rotatable bonds is 9. The third-order valence-corrected chi connectivity index (χ3v) is 14.5. The van der Waals surface area contributed by atoms with Gasteiger partial charge in [-0.2, -0.15) is 0 Å². The second-order valence-corrected chi connectivity index (χ2v) is 16.1. The van der Waals surface area contributed by atoms with Crippen LogP contribution in [0.5, 0.6) is 0 Å². The number of ether oxygens (including phenoxy) is 1. The van der Waals surface area contributed by atoms with Gasteiger partial charge in [-0.25, -0.2) is 4.79 Å². The summed E-state index contributed by atoms with van der Waals surface area (Å²) in [4.78, 5) is 29.6. The summed E-state index contributed by atoms with van der Waals surface area (Å²) in [5.41, 5.74) is 9.24. The van der Waals surface area contributed by atoms with E-state index in [9.17, 15) is 9.59 Å². The molecule has 5 aromatic rings. The number of fused-ring (bicyclic) bond motifs is 1. The molecule has 7 rings (SSSR count). The summed E-state index contributed by atoms with van der Waals surface area (Å²) < 4.78 is 6.43. The van der Waals surface area contributed by atoms with E-state index in [1.165, 1.54) is 15.9 Å². The monoisotopic (exact) mass is 804 g/mol. The number of β-lactam (4-membered cyclic amide) rings is 1. The van der Waals surface area contributed by atoms with Gasteiger partial charge in [0.05, 0.1) is 6.16 Å². The molecule has 2 atom stereocenters. The summed E-state index contributed by atoms with van der Waals surface area (Å²) in [5.74, 6) is -0.187. The summed E-state index contributed by atoms with van der Waals surface area (Å²) in [6, 6.07) is 50.5. The van der Waals surface area contributed by atoms with E-state index in [-0.39, 0.29) is 47.7 Å². The number of halogens is 2. The number of nitrogens with zero attached hydrogens (tertiary/aromatic N) is 1. The number of carbonyl (C=O) groups is 2. The van der Waals surface area contributed by atoms with Crippen molar-refractivity contribution in [2.75, 3.05) is 11.9 Å². The molecule has 5 aromatic carbocycles. The SMILES string of the molecule is Cl.NC1C(=O)N2C(C(=O)OC(c3ccccc3)c3ccccc3)=C(C[P+](c3ccccc3)(c3ccccc3)c3ccccc3)CS[C@@H]12.[I-]. The van der Waals surface area contributed by atoms with Crippen LogP contribution in [0.25, 0.3) is 0 Å². The molecule has 2 N–H and O–H groups in total. The summed E-state index contributed by atoms with van der Waals surface area (Å²) in [7, 11) is -2.35. The number of nitrogens with two attached hydrogens (primary N) is 1. The first-order valence-corrected chi connectivity index (χ1v) is 18.4. The van der Waals surface area contributed by atoms with Gasteiger partial charge < -0.3 is 34.4 Å². The first-order chi connectivity index (χ1) is 22.6. The highest BCUT2D eigenvalue weighted by atomic mass is 127. The molecule has 1 saturated heterocycles. The third-order valence-electron chi connectivity index (χ3n) is 8.73. The Bertz CT molecular complexity index is 1730. The lowest BCUT2D eigenvalue weighted by molar-refractivity contribution is -0.153. The van der Waals surface area contributed by atoms with Gasteiger partial charge in [0.15, 0.2) is 6.10 Å². The predicted octanol–water partition coefficient (Wildman–Crippen LogP) is 3.24. The number of amides is 1. The van der Waals surface area contributed by atoms with Crippen LogP contribution in [-0.4, -0.2) is 40.1 Å². The van der Waals surface area contributed by atoms with Gasteiger partial charge in [-0.15, -0.1) is 24.2 Å². The Morgan fingerprint density at radius 2 is 1.12 bits per heavy atom. The lowest BCUT2D eigenvalue weighted by atomic mass is 10.0. The van der Waals surface area contributed by atoms with Crippen molar-refractivity contribution in [3.8, 4) is 0 Å². The molecule has 0 aliphatic carbocycles. The van der Waals surface area contributed by atoms with Gasteiger partial charge in [0.25, 0.3) is 0 Å². The molecule has 244 valence electrons. The quantitative estimate of drug-likeness (QED) is 0.107. The Morgan fingerprint density at radius 1 is 0.729 bits per heavy atom. The van der Waals surface area contributed by atoms with Crippen molar-refractivity contribution in [3.05, 3.63) is 174 Å². The molecule has 48 heavy (non-hydrogen) atoms. The zero-order chi connectivity index (χ0) is 31.5. The minimum atomic E-state index is -2.35. The number of hydrogen-bond donors (Lipinski definition) is 1. The fourth-order valence-corrected chi connectivity index (χ4v) is 12.3. The van der Waals surface area contributed by atoms with Crippen LogP contribution in [0.15, 0.2) is 163 Å². The standard InChI is InChI=1S/C39H34N2O3PS.ClH.HI/c40-34-37(42)41-35(39(43)44-36(28-16-6-1-7-17-28)29-18-8-2-9-19-29)30(27-46-38(34)41)26-45(31-20-10-3-11-21-31,32-22-12-4-13-23-32)33-24-14-5-15-25-33;;/h1-25,34,36,38H,26-27,40H2;2*1H/q+1;;/p-1/t34?,38-;;/m0../s1. The largest absolute Gasteiger partial charge is 1.00 e. The smallest absolute Gasteiger partial charge is 0.356 e. The minimum Gasteiger partial charge on any atom is -1.00 e. The van der Waals surface area contributed by atoms with Crippen LogP contribution >= 0.6 is 31.4 Å². The molecular weight excluding hydrogens is 770 g/mol. The first kappa shape index (κ1) is 35.8. The third kappa shape index (κ3) is 6.72. The molecule has 2 heterocycles. The molecule has 0 radical (unpaired) electrons. The topological polar surface area (TPSA) is 72.6 Å². The van der Waals surface area contributed by atoms with E-state index in [0.29, 0.717) is 17.6 Å². The van der Waals surface area contributed by atoms with E-state index in [0.717, 1.165) is 16.7 Å². The molecule has 1 unspecified atom stereocenters. The molecule has 0 saturated carbocycles. The van der Waals surface area contributed by atoms with Crippen LogP contribution in [0.3, 0.4) is 0 Å². The van der Waals surface area contributed by atoms with Gasteiger partial charge in [0.2, 0.25) is 5.91 Å². The van der Waals surface area contributed by atoms with E-state index in [4.69, 9.17) is 10.5 Å². The average molecular weight is 805 g/mol. The van der Waals surface area contributed by atoms with Gasteiger partial charge in [-0.1, -0.05) is 115 Å². The van der Waals surface area contributed by atoms with Crippen LogP contribution in [0.2, 0.25) is 0 Å². The highest BCUT2D eigenvalue weighted by Crippen LogP contribution is 2.58. The van der Waals surface area contributed by atoms with E-state index >= 15 is 0 Å². The van der Waals surface area contributed by atoms with Crippen molar-refractivity contribution in [1.82, 2.24) is 4.90 Å². The van der Waals surface area contributed by atoms with E-state index in [2.05, 4.69) is 72.8 Å². The molecular formula is C39H35ClIN2O3PS. The van der Waals surface area contributed by atoms with Crippen LogP contribution in [0.4, 0.5) is 0 Å². The fourth-order valence-electron chi connectivity index (χ4n) is 6.49. The number of esters is 1. The van der Waals surface area contributed by atoms with Crippen LogP contribution in [-0.2, 0) is 14.3 Å². The van der Waals surface area contributed by atoms with Crippen LogP contribution < -0.4 is 45.6 Å². The number of thioether (sulfide) groups is 1. The lowest BCUT2D eigenvalue weighted by Crippen LogP contribution is -3.00. The molecule has 2 aliphatic heterocycles. The molecule has 1 amide bonds. The van der Waals surface area contributed by atoms with Gasteiger partial charge in [-0.3, -0.25) is 9.69 Å². The fraction of sp³-hybridized carbons (Fsp3) is 0.128. The minimum absolute atomic E-state index is 0. The van der Waals surface area contributed by atoms with E-state index < -0.39 is 25.4 Å². The van der Waals surface area contributed by atoms with Gasteiger partial charge in [0.1, 0.15) is 40.3 Å². The maximum Gasteiger partial charge on any atom is 0.356 e. The molecule has 0 aromatic heterocycles. The second-order valence-electron chi connectivity index (χ2n) is 11.5. The van der Waals surface area contributed by atoms with Crippen molar-refractivity contribution >= 4 is 59.2 Å². The highest BCUT2D eigenvalue weighted by Gasteiger charge is 2.55. The normalized spacial score (nSPS) is 17.0. The molecule has 1 fully saturated rings. The molecule has 0 bridgehead atoms. The zero-order valence-corrected chi connectivity index (χ0v) is 30.7. The Kier molecular flexibility index (Phi) is 11.8. The molecule has 2 aliphatic rings. The maximum atomic E-state index is 14.6. The Balaban J connectivity index is 0.00000225. The summed E-state index contributed by atoms with van der Waals surface area (Å²) >= 11 is 1.62. The van der Waals surface area contributed by atoms with Crippen LogP contribution in [0.1, 0.15) is 17.2 Å². The molecule has 5 nitrogen and oxygen atoms in total. The van der Waals surface area contributed by atoms with Gasteiger partial charge in [0, 0.05) is 11.3 Å². The van der Waals surface area contributed by atoms with Crippen molar-refractivity contribution in [2.24, 2.45) is 5.73 Å². The van der Waals surface area contributed by atoms with Gasteiger partial charge >= 0.3 is 5.97 Å². The predicted molar refractivity (Wildman–Crippen MR) is 196 cm³/mol. The summed E-state index contributed by atoms with van der Waals surface area (Å²) in [6.07, 6.45) is -0.0612. The number of benzene rings is 5. The number of carbonyl (C=O) groups excluding carboxylic acids is 2. The summed E-state index contributed by atoms with van der Waals surface area (Å²) in [6.45, 7) is 0. The Morgan fingerprint density at radius 3 is 1.54 bits per heavy atom.